The van der Waals surface area contributed by atoms with Gasteiger partial charge in [-0.05, 0) is 47.6 Å². The summed E-state index contributed by atoms with van der Waals surface area (Å²) < 4.78 is 0. The number of hydrogen-bond acceptors (Lipinski definition) is 2. The molecular formula is C24H24N2. The Labute approximate surface area is 155 Å². The van der Waals surface area contributed by atoms with E-state index < -0.39 is 0 Å². The van der Waals surface area contributed by atoms with Gasteiger partial charge in [-0.2, -0.15) is 0 Å². The predicted octanol–water partition coefficient (Wildman–Crippen LogP) is 4.85. The molecule has 2 nitrogen and oxygen atoms in total. The second-order valence-corrected chi connectivity index (χ2v) is 7.45. The van der Waals surface area contributed by atoms with Gasteiger partial charge in [-0.1, -0.05) is 66.7 Å². The van der Waals surface area contributed by atoms with E-state index in [1.807, 2.05) is 0 Å². The topological polar surface area (TPSA) is 15.6 Å². The van der Waals surface area contributed by atoms with Gasteiger partial charge in [-0.3, -0.25) is 4.99 Å². The summed E-state index contributed by atoms with van der Waals surface area (Å²) in [6.07, 6.45) is 4.73. The third-order valence-electron chi connectivity index (χ3n) is 5.90. The van der Waals surface area contributed by atoms with Crippen LogP contribution in [0.1, 0.15) is 29.5 Å². The molecule has 2 heterocycles. The van der Waals surface area contributed by atoms with Gasteiger partial charge in [0.2, 0.25) is 0 Å². The first-order chi connectivity index (χ1) is 12.9. The molecule has 0 bridgehead atoms. The minimum Gasteiger partial charge on any atom is -0.352 e. The fourth-order valence-electron chi connectivity index (χ4n) is 4.56. The summed E-state index contributed by atoms with van der Waals surface area (Å²) in [5, 5.41) is 2.71. The Morgan fingerprint density at radius 3 is 2.62 bits per heavy atom. The highest BCUT2D eigenvalue weighted by Gasteiger charge is 2.32. The number of aryl methyl sites for hydroxylation is 2. The number of amidine groups is 1. The third-order valence-corrected chi connectivity index (χ3v) is 5.90. The Bertz CT molecular complexity index is 967. The molecule has 2 aliphatic heterocycles. The number of rotatable bonds is 4. The van der Waals surface area contributed by atoms with Crippen molar-refractivity contribution < 1.29 is 0 Å². The van der Waals surface area contributed by atoms with E-state index in [1.165, 1.54) is 52.7 Å². The van der Waals surface area contributed by atoms with Crippen molar-refractivity contribution in [2.24, 2.45) is 4.99 Å². The highest BCUT2D eigenvalue weighted by atomic mass is 15.3. The number of nitrogens with zero attached hydrogens (tertiary/aromatic N) is 2. The average Bonchev–Trinajstić information content (AvgIpc) is 3.30. The van der Waals surface area contributed by atoms with Crippen molar-refractivity contribution in [1.82, 2.24) is 4.90 Å². The van der Waals surface area contributed by atoms with E-state index in [2.05, 4.69) is 71.6 Å². The molecule has 26 heavy (non-hydrogen) atoms. The number of hydrogen-bond donors (Lipinski definition) is 0. The molecule has 2 aliphatic rings. The van der Waals surface area contributed by atoms with E-state index in [4.69, 9.17) is 4.99 Å². The first-order valence-corrected chi connectivity index (χ1v) is 9.76. The zero-order chi connectivity index (χ0) is 17.3. The van der Waals surface area contributed by atoms with Crippen LogP contribution in [-0.4, -0.2) is 29.9 Å². The Kier molecular flexibility index (Phi) is 3.97. The molecule has 0 radical (unpaired) electrons. The largest absolute Gasteiger partial charge is 0.352 e. The lowest BCUT2D eigenvalue weighted by atomic mass is 9.96. The minimum absolute atomic E-state index is 0.649. The molecule has 1 unspecified atom stereocenters. The monoisotopic (exact) mass is 340 g/mol. The van der Waals surface area contributed by atoms with Crippen molar-refractivity contribution in [3.63, 3.8) is 0 Å². The summed E-state index contributed by atoms with van der Waals surface area (Å²) in [7, 11) is 0. The Morgan fingerprint density at radius 2 is 1.62 bits per heavy atom. The van der Waals surface area contributed by atoms with Gasteiger partial charge in [-0.15, -0.1) is 0 Å². The van der Waals surface area contributed by atoms with Crippen LogP contribution in [-0.2, 0) is 12.8 Å². The van der Waals surface area contributed by atoms with Crippen LogP contribution in [0.25, 0.3) is 10.8 Å². The normalized spacial score (nSPS) is 19.0. The molecule has 130 valence electrons. The predicted molar refractivity (Wildman–Crippen MR) is 109 cm³/mol. The molecular weight excluding hydrogens is 316 g/mol. The molecule has 0 spiro atoms. The van der Waals surface area contributed by atoms with Gasteiger partial charge >= 0.3 is 0 Å². The standard InChI is InChI=1S/C24H24N2/c1-3-12-22-18(7-1)9-5-10-19(22)14-15-20-8-2-4-13-23(20)24-25-17-21-11-6-16-26(21)24/h1-5,7-10,12-13,21H,6,11,14-17H2. The van der Waals surface area contributed by atoms with Crippen LogP contribution in [0, 0.1) is 0 Å². The van der Waals surface area contributed by atoms with E-state index in [1.54, 1.807) is 0 Å². The van der Waals surface area contributed by atoms with Gasteiger partial charge in [0, 0.05) is 12.1 Å². The average molecular weight is 340 g/mol. The van der Waals surface area contributed by atoms with Gasteiger partial charge < -0.3 is 4.90 Å². The lowest BCUT2D eigenvalue weighted by Crippen LogP contribution is -2.32. The van der Waals surface area contributed by atoms with Crippen LogP contribution in [0.3, 0.4) is 0 Å². The highest BCUT2D eigenvalue weighted by Crippen LogP contribution is 2.28. The summed E-state index contributed by atoms with van der Waals surface area (Å²) in [6.45, 7) is 2.15. The molecule has 0 saturated carbocycles. The molecule has 1 saturated heterocycles. The lowest BCUT2D eigenvalue weighted by Gasteiger charge is -2.21. The van der Waals surface area contributed by atoms with E-state index in [-0.39, 0.29) is 0 Å². The number of fused-ring (bicyclic) bond motifs is 2. The van der Waals surface area contributed by atoms with Crippen LogP contribution < -0.4 is 0 Å². The Morgan fingerprint density at radius 1 is 0.846 bits per heavy atom. The summed E-state index contributed by atoms with van der Waals surface area (Å²) in [5.74, 6) is 1.24. The van der Waals surface area contributed by atoms with Crippen molar-refractivity contribution in [3.8, 4) is 0 Å². The van der Waals surface area contributed by atoms with Gasteiger partial charge in [0.05, 0.1) is 12.6 Å². The summed E-state index contributed by atoms with van der Waals surface area (Å²) in [4.78, 5) is 7.44. The van der Waals surface area contributed by atoms with Crippen LogP contribution in [0.4, 0.5) is 0 Å². The summed E-state index contributed by atoms with van der Waals surface area (Å²) >= 11 is 0. The van der Waals surface area contributed by atoms with Crippen molar-refractivity contribution >= 4 is 16.6 Å². The molecule has 0 aliphatic carbocycles. The maximum atomic E-state index is 4.90. The van der Waals surface area contributed by atoms with Crippen molar-refractivity contribution in [3.05, 3.63) is 83.4 Å². The Hall–Kier alpha value is -2.61. The van der Waals surface area contributed by atoms with Crippen molar-refractivity contribution in [2.45, 2.75) is 31.7 Å². The molecule has 0 aromatic heterocycles. The highest BCUT2D eigenvalue weighted by molar-refractivity contribution is 6.01. The van der Waals surface area contributed by atoms with Gasteiger partial charge in [0.15, 0.2) is 0 Å². The Balaban J connectivity index is 1.43. The minimum atomic E-state index is 0.649. The fraction of sp³-hybridized carbons (Fsp3) is 0.292. The molecule has 5 rings (SSSR count). The molecule has 1 fully saturated rings. The van der Waals surface area contributed by atoms with Gasteiger partial charge in [-0.25, -0.2) is 0 Å². The van der Waals surface area contributed by atoms with E-state index >= 15 is 0 Å². The second kappa shape index (κ2) is 6.60. The zero-order valence-electron chi connectivity index (χ0n) is 15.1. The van der Waals surface area contributed by atoms with Crippen LogP contribution in [0.15, 0.2) is 71.7 Å². The first kappa shape index (κ1) is 15.6. The molecule has 1 atom stereocenters. The molecule has 3 aromatic carbocycles. The van der Waals surface area contributed by atoms with E-state index in [0.29, 0.717) is 6.04 Å². The number of benzene rings is 3. The van der Waals surface area contributed by atoms with Crippen LogP contribution in [0.5, 0.6) is 0 Å². The SMILES string of the molecule is c1ccc(C2=NCC3CCCN23)c(CCc2cccc3ccccc23)c1. The zero-order valence-corrected chi connectivity index (χ0v) is 15.1. The van der Waals surface area contributed by atoms with Gasteiger partial charge in [0.25, 0.3) is 0 Å². The molecule has 0 N–H and O–H groups in total. The smallest absolute Gasteiger partial charge is 0.131 e. The summed E-state index contributed by atoms with van der Waals surface area (Å²) in [6, 6.07) is 24.9. The van der Waals surface area contributed by atoms with Crippen LogP contribution in [0.2, 0.25) is 0 Å². The summed E-state index contributed by atoms with van der Waals surface area (Å²) in [5.41, 5.74) is 4.20. The second-order valence-electron chi connectivity index (χ2n) is 7.45. The van der Waals surface area contributed by atoms with Crippen molar-refractivity contribution in [1.29, 1.82) is 0 Å². The fourth-order valence-corrected chi connectivity index (χ4v) is 4.56. The first-order valence-electron chi connectivity index (χ1n) is 9.76. The maximum Gasteiger partial charge on any atom is 0.131 e. The van der Waals surface area contributed by atoms with E-state index in [0.717, 1.165) is 19.4 Å². The number of aliphatic imine (C=N–C) groups is 1. The van der Waals surface area contributed by atoms with Crippen LogP contribution >= 0.6 is 0 Å². The molecule has 2 heteroatoms. The van der Waals surface area contributed by atoms with Gasteiger partial charge in [0.1, 0.15) is 5.84 Å². The maximum absolute atomic E-state index is 4.90. The van der Waals surface area contributed by atoms with Crippen molar-refractivity contribution in [2.75, 3.05) is 13.1 Å². The van der Waals surface area contributed by atoms with E-state index in [9.17, 15) is 0 Å². The third kappa shape index (κ3) is 2.70. The molecule has 3 aromatic rings. The quantitative estimate of drug-likeness (QED) is 0.663. The lowest BCUT2D eigenvalue weighted by molar-refractivity contribution is 0.431. The molecule has 0 amide bonds.